The molecule has 24 heavy (non-hydrogen) atoms. The average Bonchev–Trinajstić information content (AvgIpc) is 2.61. The van der Waals surface area contributed by atoms with Crippen LogP contribution in [0.1, 0.15) is 24.0 Å². The Morgan fingerprint density at radius 1 is 1.04 bits per heavy atom. The predicted molar refractivity (Wildman–Crippen MR) is 90.6 cm³/mol. The number of halogens is 2. The van der Waals surface area contributed by atoms with Crippen LogP contribution in [0.5, 0.6) is 0 Å². The Morgan fingerprint density at radius 2 is 1.71 bits per heavy atom. The largest absolute Gasteiger partial charge is 0.310 e. The molecule has 2 heterocycles. The molecule has 2 aromatic rings. The molecule has 1 aromatic carbocycles. The van der Waals surface area contributed by atoms with Gasteiger partial charge in [-0.3, -0.25) is 4.98 Å². The summed E-state index contributed by atoms with van der Waals surface area (Å²) in [5.41, 5.74) is 1.44. The van der Waals surface area contributed by atoms with Gasteiger partial charge >= 0.3 is 0 Å². The molecule has 1 aromatic heterocycles. The van der Waals surface area contributed by atoms with Gasteiger partial charge in [-0.15, -0.1) is 0 Å². The minimum Gasteiger partial charge on any atom is -0.310 e. The minimum atomic E-state index is -0.475. The number of nitrogens with zero attached hydrogens (tertiary/aromatic N) is 2. The van der Waals surface area contributed by atoms with Gasteiger partial charge in [0.15, 0.2) is 0 Å². The van der Waals surface area contributed by atoms with E-state index in [9.17, 15) is 8.78 Å². The van der Waals surface area contributed by atoms with Gasteiger partial charge in [0.1, 0.15) is 11.6 Å². The van der Waals surface area contributed by atoms with Crippen molar-refractivity contribution in [3.8, 4) is 0 Å². The highest BCUT2D eigenvalue weighted by Gasteiger charge is 2.19. The predicted octanol–water partition coefficient (Wildman–Crippen LogP) is 3.16. The van der Waals surface area contributed by atoms with E-state index in [1.807, 2.05) is 12.4 Å². The van der Waals surface area contributed by atoms with Gasteiger partial charge in [-0.1, -0.05) is 6.07 Å². The van der Waals surface area contributed by atoms with Gasteiger partial charge in [0, 0.05) is 37.1 Å². The number of hydrogen-bond donors (Lipinski definition) is 1. The van der Waals surface area contributed by atoms with Crippen molar-refractivity contribution in [2.24, 2.45) is 0 Å². The number of likely N-dealkylation sites (tertiary alicyclic amines) is 1. The summed E-state index contributed by atoms with van der Waals surface area (Å²) in [6.45, 7) is 3.32. The van der Waals surface area contributed by atoms with Gasteiger partial charge in [0.25, 0.3) is 0 Å². The van der Waals surface area contributed by atoms with Crippen molar-refractivity contribution in [1.29, 1.82) is 0 Å². The molecule has 0 amide bonds. The summed E-state index contributed by atoms with van der Waals surface area (Å²) < 4.78 is 27.3. The SMILES string of the molecule is Fc1cccc(F)c1CNC1CCN(CCc2ccncc2)CC1. The van der Waals surface area contributed by atoms with Crippen LogP contribution in [-0.2, 0) is 13.0 Å². The average molecular weight is 331 g/mol. The highest BCUT2D eigenvalue weighted by atomic mass is 19.1. The van der Waals surface area contributed by atoms with Gasteiger partial charge in [-0.25, -0.2) is 8.78 Å². The van der Waals surface area contributed by atoms with Crippen LogP contribution in [0.25, 0.3) is 0 Å². The molecule has 1 fully saturated rings. The zero-order valence-electron chi connectivity index (χ0n) is 13.7. The van der Waals surface area contributed by atoms with Gasteiger partial charge in [-0.2, -0.15) is 0 Å². The van der Waals surface area contributed by atoms with Crippen molar-refractivity contribution in [3.63, 3.8) is 0 Å². The van der Waals surface area contributed by atoms with E-state index in [2.05, 4.69) is 27.3 Å². The highest BCUT2D eigenvalue weighted by Crippen LogP contribution is 2.15. The maximum absolute atomic E-state index is 13.6. The van der Waals surface area contributed by atoms with Gasteiger partial charge in [0.05, 0.1) is 0 Å². The first kappa shape index (κ1) is 17.0. The Labute approximate surface area is 141 Å². The first-order valence-corrected chi connectivity index (χ1v) is 8.50. The zero-order chi connectivity index (χ0) is 16.8. The summed E-state index contributed by atoms with van der Waals surface area (Å²) in [5, 5.41) is 3.30. The van der Waals surface area contributed by atoms with Crippen molar-refractivity contribution < 1.29 is 8.78 Å². The smallest absolute Gasteiger partial charge is 0.130 e. The van der Waals surface area contributed by atoms with Crippen molar-refractivity contribution in [1.82, 2.24) is 15.2 Å². The maximum atomic E-state index is 13.6. The van der Waals surface area contributed by atoms with E-state index in [0.29, 0.717) is 6.04 Å². The number of pyridine rings is 1. The fraction of sp³-hybridized carbons (Fsp3) is 0.421. The standard InChI is InChI=1S/C19H23F2N3/c20-18-2-1-3-19(21)17(18)14-23-16-7-12-24(13-8-16)11-6-15-4-9-22-10-5-15/h1-5,9-10,16,23H,6-8,11-14H2. The van der Waals surface area contributed by atoms with Crippen LogP contribution in [0.4, 0.5) is 8.78 Å². The number of hydrogen-bond acceptors (Lipinski definition) is 3. The fourth-order valence-corrected chi connectivity index (χ4v) is 3.14. The molecule has 1 aliphatic rings. The Morgan fingerprint density at radius 3 is 2.38 bits per heavy atom. The summed E-state index contributed by atoms with van der Waals surface area (Å²) in [7, 11) is 0. The van der Waals surface area contributed by atoms with E-state index in [0.717, 1.165) is 38.9 Å². The summed E-state index contributed by atoms with van der Waals surface area (Å²) in [6.07, 6.45) is 6.69. The molecular weight excluding hydrogens is 308 g/mol. The molecular formula is C19H23F2N3. The van der Waals surface area contributed by atoms with Crippen LogP contribution in [0.3, 0.4) is 0 Å². The Bertz CT molecular complexity index is 620. The van der Waals surface area contributed by atoms with Gasteiger partial charge in [-0.05, 0) is 62.2 Å². The molecule has 1 aliphatic heterocycles. The summed E-state index contributed by atoms with van der Waals surface area (Å²) >= 11 is 0. The lowest BCUT2D eigenvalue weighted by atomic mass is 10.0. The minimum absolute atomic E-state index is 0.137. The molecule has 5 heteroatoms. The van der Waals surface area contributed by atoms with Crippen LogP contribution < -0.4 is 5.32 Å². The first-order chi connectivity index (χ1) is 11.7. The molecule has 0 radical (unpaired) electrons. The van der Waals surface area contributed by atoms with Crippen molar-refractivity contribution in [2.75, 3.05) is 19.6 Å². The molecule has 3 nitrogen and oxygen atoms in total. The zero-order valence-corrected chi connectivity index (χ0v) is 13.7. The van der Waals surface area contributed by atoms with E-state index < -0.39 is 11.6 Å². The van der Waals surface area contributed by atoms with Gasteiger partial charge < -0.3 is 10.2 Å². The third-order valence-corrected chi connectivity index (χ3v) is 4.68. The molecule has 0 saturated carbocycles. The second-order valence-corrected chi connectivity index (χ2v) is 6.30. The second-order valence-electron chi connectivity index (χ2n) is 6.30. The number of aromatic nitrogens is 1. The molecule has 3 rings (SSSR count). The van der Waals surface area contributed by atoms with Crippen LogP contribution >= 0.6 is 0 Å². The van der Waals surface area contributed by atoms with E-state index in [1.165, 1.54) is 23.8 Å². The van der Waals surface area contributed by atoms with Crippen LogP contribution in [-0.4, -0.2) is 35.6 Å². The van der Waals surface area contributed by atoms with E-state index in [4.69, 9.17) is 0 Å². The molecule has 0 unspecified atom stereocenters. The summed E-state index contributed by atoms with van der Waals surface area (Å²) in [6, 6.07) is 8.44. The lowest BCUT2D eigenvalue weighted by Crippen LogP contribution is -2.43. The summed E-state index contributed by atoms with van der Waals surface area (Å²) in [4.78, 5) is 6.48. The highest BCUT2D eigenvalue weighted by molar-refractivity contribution is 5.19. The van der Waals surface area contributed by atoms with Gasteiger partial charge in [0.2, 0.25) is 0 Å². The number of benzene rings is 1. The van der Waals surface area contributed by atoms with Crippen molar-refractivity contribution in [2.45, 2.75) is 31.8 Å². The third kappa shape index (κ3) is 4.58. The van der Waals surface area contributed by atoms with Crippen LogP contribution in [0, 0.1) is 11.6 Å². The number of piperidine rings is 1. The van der Waals surface area contributed by atoms with E-state index in [1.54, 1.807) is 0 Å². The van der Waals surface area contributed by atoms with E-state index >= 15 is 0 Å². The normalized spacial score (nSPS) is 16.4. The Balaban J connectivity index is 1.41. The van der Waals surface area contributed by atoms with Crippen molar-refractivity contribution in [3.05, 3.63) is 65.5 Å². The van der Waals surface area contributed by atoms with Crippen molar-refractivity contribution >= 4 is 0 Å². The van der Waals surface area contributed by atoms with E-state index in [-0.39, 0.29) is 12.1 Å². The first-order valence-electron chi connectivity index (χ1n) is 8.50. The Kier molecular flexibility index (Phi) is 5.88. The second kappa shape index (κ2) is 8.31. The number of nitrogens with one attached hydrogen (secondary N) is 1. The third-order valence-electron chi connectivity index (χ3n) is 4.68. The molecule has 0 aliphatic carbocycles. The molecule has 0 spiro atoms. The monoisotopic (exact) mass is 331 g/mol. The lowest BCUT2D eigenvalue weighted by Gasteiger charge is -2.32. The maximum Gasteiger partial charge on any atom is 0.130 e. The molecule has 128 valence electrons. The number of rotatable bonds is 6. The molecule has 0 atom stereocenters. The lowest BCUT2D eigenvalue weighted by molar-refractivity contribution is 0.198. The topological polar surface area (TPSA) is 28.2 Å². The summed E-state index contributed by atoms with van der Waals surface area (Å²) in [5.74, 6) is -0.949. The molecule has 1 N–H and O–H groups in total. The fourth-order valence-electron chi connectivity index (χ4n) is 3.14. The quantitative estimate of drug-likeness (QED) is 0.881. The molecule has 1 saturated heterocycles. The Hall–Kier alpha value is -1.85. The van der Waals surface area contributed by atoms with Crippen LogP contribution in [0.2, 0.25) is 0 Å². The van der Waals surface area contributed by atoms with Crippen LogP contribution in [0.15, 0.2) is 42.7 Å². The molecule has 0 bridgehead atoms.